The van der Waals surface area contributed by atoms with Crippen LogP contribution in [0.2, 0.25) is 0 Å². The van der Waals surface area contributed by atoms with Crippen LogP contribution in [0.15, 0.2) is 71.6 Å². The quantitative estimate of drug-likeness (QED) is 0.670. The third kappa shape index (κ3) is 4.46. The van der Waals surface area contributed by atoms with Crippen molar-refractivity contribution in [2.24, 2.45) is 0 Å². The average Bonchev–Trinajstić information content (AvgIpc) is 2.71. The van der Waals surface area contributed by atoms with Crippen LogP contribution in [-0.4, -0.2) is 21.4 Å². The Kier molecular flexibility index (Phi) is 5.70. The Hall–Kier alpha value is -3.19. The van der Waals surface area contributed by atoms with Crippen LogP contribution in [0, 0.1) is 19.7 Å². The molecule has 0 unspecified atom stereocenters. The Morgan fingerprint density at radius 2 is 1.59 bits per heavy atom. The summed E-state index contributed by atoms with van der Waals surface area (Å²) in [5.41, 5.74) is 2.47. The second-order valence-corrected chi connectivity index (χ2v) is 8.74. The van der Waals surface area contributed by atoms with E-state index in [0.29, 0.717) is 5.69 Å². The fraction of sp³-hybridized carbons (Fsp3) is 0.136. The topological polar surface area (TPSA) is 66.5 Å². The number of hydrogen-bond donors (Lipinski definition) is 1. The molecule has 7 heteroatoms. The zero-order chi connectivity index (χ0) is 21.2. The molecule has 0 aliphatic carbocycles. The SMILES string of the molecule is Cc1ccc(N(C)S(=O)(=O)c2cccc(C(=O)Nc3cc(C)ccc3F)c2)cc1. The molecule has 0 aliphatic rings. The zero-order valence-corrected chi connectivity index (χ0v) is 17.1. The lowest BCUT2D eigenvalue weighted by atomic mass is 10.2. The van der Waals surface area contributed by atoms with Crippen LogP contribution in [0.5, 0.6) is 0 Å². The van der Waals surface area contributed by atoms with Crippen molar-refractivity contribution in [2.75, 3.05) is 16.7 Å². The Bertz CT molecular complexity index is 1160. The van der Waals surface area contributed by atoms with Crippen molar-refractivity contribution in [3.05, 3.63) is 89.2 Å². The highest BCUT2D eigenvalue weighted by Crippen LogP contribution is 2.24. The van der Waals surface area contributed by atoms with Gasteiger partial charge in [-0.1, -0.05) is 29.8 Å². The first-order chi connectivity index (χ1) is 13.7. The van der Waals surface area contributed by atoms with Gasteiger partial charge in [0.2, 0.25) is 0 Å². The minimum atomic E-state index is -3.87. The van der Waals surface area contributed by atoms with Gasteiger partial charge in [-0.05, 0) is 61.9 Å². The molecule has 150 valence electrons. The normalized spacial score (nSPS) is 11.2. The number of sulfonamides is 1. The second kappa shape index (κ2) is 8.05. The van der Waals surface area contributed by atoms with Gasteiger partial charge in [-0.3, -0.25) is 9.10 Å². The molecule has 3 aromatic rings. The van der Waals surface area contributed by atoms with E-state index in [2.05, 4.69) is 5.32 Å². The van der Waals surface area contributed by atoms with Crippen LogP contribution < -0.4 is 9.62 Å². The van der Waals surface area contributed by atoms with Crippen LogP contribution in [-0.2, 0) is 10.0 Å². The molecule has 0 bridgehead atoms. The molecule has 0 saturated heterocycles. The predicted molar refractivity (Wildman–Crippen MR) is 112 cm³/mol. The Morgan fingerprint density at radius 1 is 0.931 bits per heavy atom. The Morgan fingerprint density at radius 3 is 2.28 bits per heavy atom. The zero-order valence-electron chi connectivity index (χ0n) is 16.3. The molecule has 0 saturated carbocycles. The number of aryl methyl sites for hydroxylation is 2. The van der Waals surface area contributed by atoms with Crippen molar-refractivity contribution in [3.8, 4) is 0 Å². The van der Waals surface area contributed by atoms with Crippen LogP contribution in [0.4, 0.5) is 15.8 Å². The first-order valence-electron chi connectivity index (χ1n) is 8.91. The summed E-state index contributed by atoms with van der Waals surface area (Å²) in [5.74, 6) is -1.16. The smallest absolute Gasteiger partial charge is 0.264 e. The third-order valence-corrected chi connectivity index (χ3v) is 6.30. The molecule has 0 heterocycles. The first kappa shape index (κ1) is 20.5. The van der Waals surface area contributed by atoms with Crippen molar-refractivity contribution in [2.45, 2.75) is 18.7 Å². The highest BCUT2D eigenvalue weighted by atomic mass is 32.2. The fourth-order valence-corrected chi connectivity index (χ4v) is 4.02. The lowest BCUT2D eigenvalue weighted by Crippen LogP contribution is -2.26. The number of carbonyl (C=O) groups is 1. The molecule has 3 rings (SSSR count). The number of hydrogen-bond acceptors (Lipinski definition) is 3. The summed E-state index contributed by atoms with van der Waals surface area (Å²) in [6.07, 6.45) is 0. The molecular formula is C22H21FN2O3S. The molecule has 5 nitrogen and oxygen atoms in total. The summed E-state index contributed by atoms with van der Waals surface area (Å²) in [4.78, 5) is 12.5. The average molecular weight is 412 g/mol. The van der Waals surface area contributed by atoms with Gasteiger partial charge in [0, 0.05) is 12.6 Å². The highest BCUT2D eigenvalue weighted by Gasteiger charge is 2.22. The molecule has 0 radical (unpaired) electrons. The van der Waals surface area contributed by atoms with E-state index in [1.807, 2.05) is 19.1 Å². The van der Waals surface area contributed by atoms with E-state index in [1.165, 1.54) is 43.4 Å². The molecule has 0 aromatic heterocycles. The first-order valence-corrected chi connectivity index (χ1v) is 10.4. The van der Waals surface area contributed by atoms with Gasteiger partial charge < -0.3 is 5.32 Å². The molecule has 29 heavy (non-hydrogen) atoms. The lowest BCUT2D eigenvalue weighted by Gasteiger charge is -2.20. The lowest BCUT2D eigenvalue weighted by molar-refractivity contribution is 0.102. The van der Waals surface area contributed by atoms with Crippen molar-refractivity contribution in [3.63, 3.8) is 0 Å². The van der Waals surface area contributed by atoms with Crippen molar-refractivity contribution in [1.29, 1.82) is 0 Å². The summed E-state index contributed by atoms with van der Waals surface area (Å²) < 4.78 is 41.0. The van der Waals surface area contributed by atoms with E-state index in [-0.39, 0.29) is 16.1 Å². The molecule has 3 aromatic carbocycles. The van der Waals surface area contributed by atoms with Crippen molar-refractivity contribution < 1.29 is 17.6 Å². The summed E-state index contributed by atoms with van der Waals surface area (Å²) in [7, 11) is -2.42. The van der Waals surface area contributed by atoms with Gasteiger partial charge in [0.1, 0.15) is 5.82 Å². The fourth-order valence-electron chi connectivity index (χ4n) is 2.78. The summed E-state index contributed by atoms with van der Waals surface area (Å²) in [5, 5.41) is 2.49. The number of nitrogens with zero attached hydrogens (tertiary/aromatic N) is 1. The van der Waals surface area contributed by atoms with Crippen LogP contribution >= 0.6 is 0 Å². The van der Waals surface area contributed by atoms with E-state index in [4.69, 9.17) is 0 Å². The van der Waals surface area contributed by atoms with Gasteiger partial charge in [-0.2, -0.15) is 0 Å². The van der Waals surface area contributed by atoms with Crippen LogP contribution in [0.3, 0.4) is 0 Å². The molecule has 1 amide bonds. The summed E-state index contributed by atoms with van der Waals surface area (Å²) in [6, 6.07) is 17.1. The van der Waals surface area contributed by atoms with Gasteiger partial charge >= 0.3 is 0 Å². The van der Waals surface area contributed by atoms with Crippen molar-refractivity contribution >= 4 is 27.3 Å². The number of benzene rings is 3. The monoisotopic (exact) mass is 412 g/mol. The maximum absolute atomic E-state index is 13.9. The Labute approximate surface area is 169 Å². The number of carbonyl (C=O) groups excluding carboxylic acids is 1. The Balaban J connectivity index is 1.89. The van der Waals surface area contributed by atoms with E-state index >= 15 is 0 Å². The molecule has 0 aliphatic heterocycles. The van der Waals surface area contributed by atoms with Gasteiger partial charge in [-0.15, -0.1) is 0 Å². The van der Waals surface area contributed by atoms with Gasteiger partial charge in [0.05, 0.1) is 16.3 Å². The maximum atomic E-state index is 13.9. The minimum Gasteiger partial charge on any atom is -0.319 e. The highest BCUT2D eigenvalue weighted by molar-refractivity contribution is 7.92. The van der Waals surface area contributed by atoms with Gasteiger partial charge in [-0.25, -0.2) is 12.8 Å². The predicted octanol–water partition coefficient (Wildman–Crippen LogP) is 4.52. The molecule has 0 fully saturated rings. The van der Waals surface area contributed by atoms with E-state index in [0.717, 1.165) is 15.4 Å². The maximum Gasteiger partial charge on any atom is 0.264 e. The molecule has 1 N–H and O–H groups in total. The van der Waals surface area contributed by atoms with E-state index < -0.39 is 21.7 Å². The largest absolute Gasteiger partial charge is 0.319 e. The summed E-state index contributed by atoms with van der Waals surface area (Å²) >= 11 is 0. The number of nitrogens with one attached hydrogen (secondary N) is 1. The van der Waals surface area contributed by atoms with Crippen LogP contribution in [0.1, 0.15) is 21.5 Å². The molecule has 0 atom stereocenters. The third-order valence-electron chi connectivity index (χ3n) is 4.52. The van der Waals surface area contributed by atoms with E-state index in [9.17, 15) is 17.6 Å². The second-order valence-electron chi connectivity index (χ2n) is 6.77. The number of amides is 1. The number of anilines is 2. The number of halogens is 1. The molecule has 0 spiro atoms. The standard InChI is InChI=1S/C22H21FN2O3S/c1-15-7-10-18(11-8-15)25(3)29(27,28)19-6-4-5-17(14-19)22(26)24-21-13-16(2)9-12-20(21)23/h4-14H,1-3H3,(H,24,26). The van der Waals surface area contributed by atoms with Crippen LogP contribution in [0.25, 0.3) is 0 Å². The van der Waals surface area contributed by atoms with Gasteiger partial charge in [0.15, 0.2) is 0 Å². The minimum absolute atomic E-state index is 0.0297. The molecular weight excluding hydrogens is 391 g/mol. The summed E-state index contributed by atoms with van der Waals surface area (Å²) in [6.45, 7) is 3.70. The van der Waals surface area contributed by atoms with E-state index in [1.54, 1.807) is 25.1 Å². The number of rotatable bonds is 5. The van der Waals surface area contributed by atoms with Gasteiger partial charge in [0.25, 0.3) is 15.9 Å². The van der Waals surface area contributed by atoms with Crippen molar-refractivity contribution in [1.82, 2.24) is 0 Å².